The Morgan fingerprint density at radius 1 is 1.03 bits per heavy atom. The molecule has 2 saturated heterocycles. The van der Waals surface area contributed by atoms with Gasteiger partial charge in [0, 0.05) is 45.3 Å². The third-order valence-corrected chi connectivity index (χ3v) is 7.76. The maximum Gasteiger partial charge on any atom is 0.409 e. The van der Waals surface area contributed by atoms with Gasteiger partial charge in [-0.05, 0) is 31.9 Å². The van der Waals surface area contributed by atoms with Gasteiger partial charge in [-0.2, -0.15) is 4.31 Å². The van der Waals surface area contributed by atoms with Crippen LogP contribution >= 0.6 is 0 Å². The molecular formula is C21H31N3O7S. The molecule has 10 nitrogen and oxygen atoms in total. The highest BCUT2D eigenvalue weighted by Gasteiger charge is 2.36. The van der Waals surface area contributed by atoms with E-state index in [-0.39, 0.29) is 35.6 Å². The third kappa shape index (κ3) is 5.09. The second-order valence-corrected chi connectivity index (χ2v) is 9.64. The van der Waals surface area contributed by atoms with Crippen LogP contribution in [0.5, 0.6) is 11.5 Å². The van der Waals surface area contributed by atoms with Gasteiger partial charge in [0.25, 0.3) is 0 Å². The van der Waals surface area contributed by atoms with E-state index in [1.54, 1.807) is 28.9 Å². The van der Waals surface area contributed by atoms with E-state index in [0.29, 0.717) is 45.0 Å². The maximum absolute atomic E-state index is 13.2. The molecular weight excluding hydrogens is 438 g/mol. The molecule has 2 fully saturated rings. The fourth-order valence-corrected chi connectivity index (χ4v) is 5.68. The molecule has 3 rings (SSSR count). The van der Waals surface area contributed by atoms with Gasteiger partial charge in [-0.25, -0.2) is 13.2 Å². The number of rotatable bonds is 6. The number of benzene rings is 1. The summed E-state index contributed by atoms with van der Waals surface area (Å²) in [5.41, 5.74) is 0. The van der Waals surface area contributed by atoms with E-state index in [0.717, 1.165) is 6.42 Å². The van der Waals surface area contributed by atoms with E-state index < -0.39 is 16.1 Å². The van der Waals surface area contributed by atoms with Crippen LogP contribution in [0.4, 0.5) is 4.79 Å². The molecule has 0 aliphatic carbocycles. The van der Waals surface area contributed by atoms with Crippen molar-refractivity contribution in [3.05, 3.63) is 18.2 Å². The van der Waals surface area contributed by atoms with Crippen LogP contribution in [-0.4, -0.2) is 94.6 Å². The quantitative estimate of drug-likeness (QED) is 0.620. The van der Waals surface area contributed by atoms with Crippen molar-refractivity contribution < 1.29 is 32.2 Å². The zero-order valence-electron chi connectivity index (χ0n) is 18.8. The number of carbonyl (C=O) groups is 2. The second-order valence-electron chi connectivity index (χ2n) is 7.73. The molecule has 1 atom stereocenters. The Morgan fingerprint density at radius 2 is 1.75 bits per heavy atom. The van der Waals surface area contributed by atoms with E-state index >= 15 is 0 Å². The van der Waals surface area contributed by atoms with Crippen LogP contribution < -0.4 is 9.47 Å². The smallest absolute Gasteiger partial charge is 0.409 e. The van der Waals surface area contributed by atoms with Crippen LogP contribution in [0.2, 0.25) is 0 Å². The number of hydrogen-bond acceptors (Lipinski definition) is 7. The maximum atomic E-state index is 13.2. The zero-order valence-corrected chi connectivity index (χ0v) is 19.6. The van der Waals surface area contributed by atoms with Gasteiger partial charge < -0.3 is 24.0 Å². The van der Waals surface area contributed by atoms with Gasteiger partial charge in [0.1, 0.15) is 16.4 Å². The van der Waals surface area contributed by atoms with E-state index in [9.17, 15) is 18.0 Å². The van der Waals surface area contributed by atoms with Gasteiger partial charge in [-0.15, -0.1) is 0 Å². The molecule has 0 aromatic heterocycles. The molecule has 32 heavy (non-hydrogen) atoms. The van der Waals surface area contributed by atoms with Crippen molar-refractivity contribution in [2.75, 3.05) is 60.1 Å². The van der Waals surface area contributed by atoms with Gasteiger partial charge in [-0.3, -0.25) is 4.79 Å². The summed E-state index contributed by atoms with van der Waals surface area (Å²) in [4.78, 5) is 28.3. The van der Waals surface area contributed by atoms with Crippen molar-refractivity contribution in [3.63, 3.8) is 0 Å². The summed E-state index contributed by atoms with van der Waals surface area (Å²) in [7, 11) is -0.930. The van der Waals surface area contributed by atoms with E-state index in [1.165, 1.54) is 24.6 Å². The standard InChI is InChI=1S/C21H31N3O7S/c1-4-31-21(26)23-9-5-6-16(15-23)20(25)22-10-12-24(13-11-22)32(27,28)19-14-17(29-2)7-8-18(19)30-3/h7-8,14,16H,4-6,9-13,15H2,1-3H3/t16-/m1/s1. The average Bonchev–Trinajstić information content (AvgIpc) is 2.83. The summed E-state index contributed by atoms with van der Waals surface area (Å²) in [6, 6.07) is 4.64. The SMILES string of the molecule is CCOC(=O)N1CCC[C@@H](C(=O)N2CCN(S(=O)(=O)c3cc(OC)ccc3OC)CC2)C1. The highest BCUT2D eigenvalue weighted by atomic mass is 32.2. The first-order chi connectivity index (χ1) is 15.3. The minimum atomic E-state index is -3.82. The van der Waals surface area contributed by atoms with Gasteiger partial charge >= 0.3 is 6.09 Å². The van der Waals surface area contributed by atoms with E-state index in [4.69, 9.17) is 14.2 Å². The number of ether oxygens (including phenoxy) is 3. The summed E-state index contributed by atoms with van der Waals surface area (Å²) >= 11 is 0. The number of piperazine rings is 1. The van der Waals surface area contributed by atoms with Crippen molar-refractivity contribution in [3.8, 4) is 11.5 Å². The first kappa shape index (κ1) is 24.1. The highest BCUT2D eigenvalue weighted by molar-refractivity contribution is 7.89. The van der Waals surface area contributed by atoms with Gasteiger partial charge in [0.05, 0.1) is 26.7 Å². The minimum absolute atomic E-state index is 0.0384. The predicted molar refractivity (Wildman–Crippen MR) is 116 cm³/mol. The van der Waals surface area contributed by atoms with Crippen LogP contribution in [0.15, 0.2) is 23.1 Å². The Labute approximate surface area is 189 Å². The molecule has 0 radical (unpaired) electrons. The lowest BCUT2D eigenvalue weighted by molar-refractivity contribution is -0.138. The van der Waals surface area contributed by atoms with Gasteiger partial charge in [-0.1, -0.05) is 0 Å². The molecule has 1 aromatic carbocycles. The number of carbonyl (C=O) groups excluding carboxylic acids is 2. The Bertz CT molecular complexity index is 929. The number of piperidine rings is 1. The molecule has 2 aliphatic heterocycles. The Hall–Kier alpha value is -2.53. The fourth-order valence-electron chi connectivity index (χ4n) is 4.09. The lowest BCUT2D eigenvalue weighted by Crippen LogP contribution is -2.54. The van der Waals surface area contributed by atoms with Crippen LogP contribution in [0.3, 0.4) is 0 Å². The molecule has 11 heteroatoms. The molecule has 2 heterocycles. The molecule has 178 valence electrons. The summed E-state index contributed by atoms with van der Waals surface area (Å²) < 4.78 is 43.3. The number of amides is 2. The van der Waals surface area contributed by atoms with Crippen LogP contribution in [-0.2, 0) is 19.6 Å². The largest absolute Gasteiger partial charge is 0.497 e. The van der Waals surface area contributed by atoms with Crippen molar-refractivity contribution in [2.45, 2.75) is 24.7 Å². The first-order valence-corrected chi connectivity index (χ1v) is 12.2. The molecule has 0 saturated carbocycles. The summed E-state index contributed by atoms with van der Waals surface area (Å²) in [6.07, 6.45) is 1.04. The zero-order chi connectivity index (χ0) is 23.3. The molecule has 0 spiro atoms. The number of hydrogen-bond donors (Lipinski definition) is 0. The number of likely N-dealkylation sites (tertiary alicyclic amines) is 1. The predicted octanol–water partition coefficient (Wildman–Crippen LogP) is 1.41. The van der Waals surface area contributed by atoms with E-state index in [1.807, 2.05) is 0 Å². The number of methoxy groups -OCH3 is 2. The van der Waals surface area contributed by atoms with Crippen LogP contribution in [0.1, 0.15) is 19.8 Å². The van der Waals surface area contributed by atoms with E-state index in [2.05, 4.69) is 0 Å². The average molecular weight is 470 g/mol. The number of sulfonamides is 1. The summed E-state index contributed by atoms with van der Waals surface area (Å²) in [5, 5.41) is 0. The third-order valence-electron chi connectivity index (χ3n) is 5.84. The second kappa shape index (κ2) is 10.4. The fraction of sp³-hybridized carbons (Fsp3) is 0.619. The van der Waals surface area contributed by atoms with Gasteiger partial charge in [0.15, 0.2) is 0 Å². The van der Waals surface area contributed by atoms with Crippen molar-refractivity contribution in [2.24, 2.45) is 5.92 Å². The Balaban J connectivity index is 1.64. The topological polar surface area (TPSA) is 106 Å². The molecule has 0 unspecified atom stereocenters. The lowest BCUT2D eigenvalue weighted by atomic mass is 9.96. The molecule has 0 N–H and O–H groups in total. The minimum Gasteiger partial charge on any atom is -0.497 e. The Morgan fingerprint density at radius 3 is 2.38 bits per heavy atom. The summed E-state index contributed by atoms with van der Waals surface area (Å²) in [6.45, 7) is 3.90. The highest BCUT2D eigenvalue weighted by Crippen LogP contribution is 2.31. The van der Waals surface area contributed by atoms with Crippen molar-refractivity contribution in [1.82, 2.24) is 14.1 Å². The van der Waals surface area contributed by atoms with Crippen LogP contribution in [0.25, 0.3) is 0 Å². The van der Waals surface area contributed by atoms with Crippen LogP contribution in [0, 0.1) is 5.92 Å². The normalized spacial score (nSPS) is 20.0. The Kier molecular flexibility index (Phi) is 7.83. The molecule has 0 bridgehead atoms. The van der Waals surface area contributed by atoms with Gasteiger partial charge in [0.2, 0.25) is 15.9 Å². The summed E-state index contributed by atoms with van der Waals surface area (Å²) in [5.74, 6) is 0.317. The van der Waals surface area contributed by atoms with Crippen molar-refractivity contribution >= 4 is 22.0 Å². The van der Waals surface area contributed by atoms with Crippen molar-refractivity contribution in [1.29, 1.82) is 0 Å². The molecule has 2 amide bonds. The lowest BCUT2D eigenvalue weighted by Gasteiger charge is -2.38. The molecule has 2 aliphatic rings. The monoisotopic (exact) mass is 469 g/mol. The molecule has 1 aromatic rings. The number of nitrogens with zero attached hydrogens (tertiary/aromatic N) is 3. The first-order valence-electron chi connectivity index (χ1n) is 10.7.